The van der Waals surface area contributed by atoms with Crippen LogP contribution in [0.4, 0.5) is 0 Å². The molecule has 1 fully saturated rings. The molecule has 0 saturated carbocycles. The lowest BCUT2D eigenvalue weighted by molar-refractivity contribution is -0.132. The first-order valence-corrected chi connectivity index (χ1v) is 7.85. The van der Waals surface area contributed by atoms with Crippen LogP contribution < -0.4 is 0 Å². The highest BCUT2D eigenvalue weighted by molar-refractivity contribution is 5.78. The number of nitrogens with zero attached hydrogens (tertiary/aromatic N) is 2. The van der Waals surface area contributed by atoms with E-state index in [1.807, 2.05) is 29.0 Å². The summed E-state index contributed by atoms with van der Waals surface area (Å²) in [6, 6.07) is 7.35. The van der Waals surface area contributed by atoms with Gasteiger partial charge in [0, 0.05) is 19.1 Å². The molecule has 116 valence electrons. The molecule has 1 amide bonds. The fourth-order valence-electron chi connectivity index (χ4n) is 2.81. The van der Waals surface area contributed by atoms with Crippen molar-refractivity contribution in [3.8, 4) is 5.75 Å². The second kappa shape index (κ2) is 7.46. The summed E-state index contributed by atoms with van der Waals surface area (Å²) >= 11 is 0. The van der Waals surface area contributed by atoms with E-state index in [0.717, 1.165) is 31.5 Å². The van der Waals surface area contributed by atoms with Crippen molar-refractivity contribution < 1.29 is 9.90 Å². The Balaban J connectivity index is 1.93. The molecule has 1 aliphatic heterocycles. The van der Waals surface area contributed by atoms with Crippen molar-refractivity contribution in [2.75, 3.05) is 26.7 Å². The highest BCUT2D eigenvalue weighted by atomic mass is 16.3. The molecule has 1 aliphatic rings. The number of aromatic hydroxyl groups is 1. The Morgan fingerprint density at radius 1 is 1.29 bits per heavy atom. The minimum atomic E-state index is 0.105. The van der Waals surface area contributed by atoms with Crippen molar-refractivity contribution in [3.63, 3.8) is 0 Å². The number of phenols is 1. The Morgan fingerprint density at radius 2 is 1.95 bits per heavy atom. The molecular formula is C17H26N2O2. The summed E-state index contributed by atoms with van der Waals surface area (Å²) in [6.45, 7) is 4.28. The van der Waals surface area contributed by atoms with Crippen molar-refractivity contribution in [1.29, 1.82) is 0 Å². The lowest BCUT2D eigenvalue weighted by atomic mass is 10.1. The lowest BCUT2D eigenvalue weighted by Gasteiger charge is -2.28. The number of rotatable bonds is 4. The first kappa shape index (κ1) is 15.8. The number of carbonyl (C=O) groups excluding carboxylic acids is 1. The maximum absolute atomic E-state index is 12.4. The Morgan fingerprint density at radius 3 is 2.57 bits per heavy atom. The van der Waals surface area contributed by atoms with Crippen LogP contribution in [0.1, 0.15) is 44.2 Å². The first-order valence-electron chi connectivity index (χ1n) is 7.85. The predicted octanol–water partition coefficient (Wildman–Crippen LogP) is 2.79. The van der Waals surface area contributed by atoms with Gasteiger partial charge in [-0.15, -0.1) is 0 Å². The molecule has 0 bridgehead atoms. The molecule has 21 heavy (non-hydrogen) atoms. The number of hydrogen-bond donors (Lipinski definition) is 1. The zero-order valence-corrected chi connectivity index (χ0v) is 13.1. The number of benzene rings is 1. The van der Waals surface area contributed by atoms with Crippen molar-refractivity contribution in [2.24, 2.45) is 0 Å². The van der Waals surface area contributed by atoms with Gasteiger partial charge in [-0.2, -0.15) is 0 Å². The molecule has 0 unspecified atom stereocenters. The molecule has 2 rings (SSSR count). The van der Waals surface area contributed by atoms with Crippen LogP contribution in [0.3, 0.4) is 0 Å². The minimum absolute atomic E-state index is 0.105. The third-order valence-electron chi connectivity index (χ3n) is 4.36. The molecule has 0 radical (unpaired) electrons. The third-order valence-corrected chi connectivity index (χ3v) is 4.36. The van der Waals surface area contributed by atoms with E-state index in [9.17, 15) is 9.90 Å². The van der Waals surface area contributed by atoms with Crippen LogP contribution >= 0.6 is 0 Å². The highest BCUT2D eigenvalue weighted by Gasteiger charge is 2.20. The molecule has 0 aromatic heterocycles. The van der Waals surface area contributed by atoms with Crippen LogP contribution in [-0.4, -0.2) is 47.5 Å². The van der Waals surface area contributed by atoms with E-state index in [1.54, 1.807) is 12.1 Å². The average molecular weight is 290 g/mol. The molecule has 1 atom stereocenters. The summed E-state index contributed by atoms with van der Waals surface area (Å²) in [6.07, 6.45) is 4.72. The molecule has 0 spiro atoms. The van der Waals surface area contributed by atoms with Crippen LogP contribution in [0, 0.1) is 0 Å². The van der Waals surface area contributed by atoms with Crippen molar-refractivity contribution in [2.45, 2.75) is 38.6 Å². The van der Waals surface area contributed by atoms with E-state index >= 15 is 0 Å². The summed E-state index contributed by atoms with van der Waals surface area (Å²) in [5, 5.41) is 9.57. The van der Waals surface area contributed by atoms with Crippen LogP contribution in [0.5, 0.6) is 5.75 Å². The summed E-state index contributed by atoms with van der Waals surface area (Å²) in [4.78, 5) is 16.4. The second-order valence-corrected chi connectivity index (χ2v) is 5.98. The zero-order valence-electron chi connectivity index (χ0n) is 13.1. The van der Waals surface area contributed by atoms with Gasteiger partial charge in [0.05, 0.1) is 6.54 Å². The molecule has 1 aromatic rings. The topological polar surface area (TPSA) is 43.8 Å². The quantitative estimate of drug-likeness (QED) is 0.927. The Labute approximate surface area is 127 Å². The van der Waals surface area contributed by atoms with Gasteiger partial charge in [-0.05, 0) is 44.5 Å². The monoisotopic (exact) mass is 290 g/mol. The summed E-state index contributed by atoms with van der Waals surface area (Å²) in [5.74, 6) is 0.484. The van der Waals surface area contributed by atoms with E-state index in [0.29, 0.717) is 6.54 Å². The third kappa shape index (κ3) is 4.46. The van der Waals surface area contributed by atoms with E-state index in [4.69, 9.17) is 0 Å². The van der Waals surface area contributed by atoms with Crippen LogP contribution in [0.25, 0.3) is 0 Å². The number of carbonyl (C=O) groups is 1. The Hall–Kier alpha value is -1.55. The van der Waals surface area contributed by atoms with Gasteiger partial charge in [0.15, 0.2) is 0 Å². The number of phenolic OH excluding ortho intramolecular Hbond substituents is 1. The van der Waals surface area contributed by atoms with Crippen molar-refractivity contribution in [1.82, 2.24) is 9.80 Å². The largest absolute Gasteiger partial charge is 0.508 e. The van der Waals surface area contributed by atoms with Crippen molar-refractivity contribution >= 4 is 5.91 Å². The average Bonchev–Trinajstić information content (AvgIpc) is 2.75. The van der Waals surface area contributed by atoms with E-state index in [1.165, 1.54) is 12.8 Å². The smallest absolute Gasteiger partial charge is 0.236 e. The molecule has 0 aliphatic carbocycles. The molecule has 4 heteroatoms. The van der Waals surface area contributed by atoms with Gasteiger partial charge in [-0.3, -0.25) is 9.69 Å². The van der Waals surface area contributed by atoms with Gasteiger partial charge in [0.25, 0.3) is 0 Å². The predicted molar refractivity (Wildman–Crippen MR) is 84.2 cm³/mol. The van der Waals surface area contributed by atoms with Gasteiger partial charge >= 0.3 is 0 Å². The van der Waals surface area contributed by atoms with Crippen LogP contribution in [-0.2, 0) is 4.79 Å². The standard InChI is InChI=1S/C17H26N2O2/c1-14(15-8-7-9-16(20)12-15)18(2)13-17(21)19-10-5-3-4-6-11-19/h7-9,12,14,20H,3-6,10-11,13H2,1-2H3/t14-/m0/s1. The van der Waals surface area contributed by atoms with E-state index in [-0.39, 0.29) is 17.7 Å². The highest BCUT2D eigenvalue weighted by Crippen LogP contribution is 2.22. The zero-order chi connectivity index (χ0) is 15.2. The Kier molecular flexibility index (Phi) is 5.62. The molecule has 1 heterocycles. The summed E-state index contributed by atoms with van der Waals surface area (Å²) in [5.41, 5.74) is 1.03. The van der Waals surface area contributed by atoms with Gasteiger partial charge in [-0.1, -0.05) is 25.0 Å². The lowest BCUT2D eigenvalue weighted by Crippen LogP contribution is -2.40. The van der Waals surface area contributed by atoms with E-state index in [2.05, 4.69) is 6.92 Å². The SMILES string of the molecule is C[C@@H](c1cccc(O)c1)N(C)CC(=O)N1CCCCCC1. The Bertz CT molecular complexity index is 468. The maximum atomic E-state index is 12.4. The fraction of sp³-hybridized carbons (Fsp3) is 0.588. The number of likely N-dealkylation sites (N-methyl/N-ethyl adjacent to an activating group) is 1. The first-order chi connectivity index (χ1) is 10.1. The number of likely N-dealkylation sites (tertiary alicyclic amines) is 1. The van der Waals surface area contributed by atoms with Gasteiger partial charge in [0.1, 0.15) is 5.75 Å². The molecule has 1 saturated heterocycles. The summed E-state index contributed by atoms with van der Waals surface area (Å²) < 4.78 is 0. The fourth-order valence-corrected chi connectivity index (χ4v) is 2.81. The van der Waals surface area contributed by atoms with Crippen LogP contribution in [0.15, 0.2) is 24.3 Å². The summed E-state index contributed by atoms with van der Waals surface area (Å²) in [7, 11) is 1.96. The van der Waals surface area contributed by atoms with Gasteiger partial charge in [-0.25, -0.2) is 0 Å². The number of amides is 1. The van der Waals surface area contributed by atoms with Crippen LogP contribution in [0.2, 0.25) is 0 Å². The molecule has 1 N–H and O–H groups in total. The molecule has 1 aromatic carbocycles. The van der Waals surface area contributed by atoms with Crippen molar-refractivity contribution in [3.05, 3.63) is 29.8 Å². The second-order valence-electron chi connectivity index (χ2n) is 5.98. The number of hydrogen-bond acceptors (Lipinski definition) is 3. The molecular weight excluding hydrogens is 264 g/mol. The minimum Gasteiger partial charge on any atom is -0.508 e. The van der Waals surface area contributed by atoms with E-state index < -0.39 is 0 Å². The normalized spacial score (nSPS) is 17.6. The van der Waals surface area contributed by atoms with Gasteiger partial charge < -0.3 is 10.0 Å². The molecule has 4 nitrogen and oxygen atoms in total. The maximum Gasteiger partial charge on any atom is 0.236 e. The van der Waals surface area contributed by atoms with Gasteiger partial charge in [0.2, 0.25) is 5.91 Å².